The number of rotatable bonds is 7. The lowest BCUT2D eigenvalue weighted by molar-refractivity contribution is -0.148. The molecule has 0 aliphatic heterocycles. The summed E-state index contributed by atoms with van der Waals surface area (Å²) >= 11 is 0. The lowest BCUT2D eigenvalue weighted by Gasteiger charge is -2.11. The Bertz CT molecular complexity index is 911. The van der Waals surface area contributed by atoms with E-state index in [9.17, 15) is 4.79 Å². The minimum atomic E-state index is -0.671. The Labute approximate surface area is 156 Å². The molecule has 1 atom stereocenters. The van der Waals surface area contributed by atoms with Gasteiger partial charge in [0.2, 0.25) is 5.82 Å². The van der Waals surface area contributed by atoms with E-state index in [1.54, 1.807) is 50.7 Å². The van der Waals surface area contributed by atoms with Gasteiger partial charge >= 0.3 is 5.97 Å². The fourth-order valence-corrected chi connectivity index (χ4v) is 2.46. The number of pyridine rings is 1. The summed E-state index contributed by atoms with van der Waals surface area (Å²) in [6.07, 6.45) is 2.69. The third-order valence-electron chi connectivity index (χ3n) is 3.81. The number of hydrogen-bond donors (Lipinski definition) is 0. The molecule has 8 heteroatoms. The topological polar surface area (TPSA) is 96.6 Å². The predicted octanol–water partition coefficient (Wildman–Crippen LogP) is 3.00. The van der Waals surface area contributed by atoms with E-state index < -0.39 is 12.1 Å². The van der Waals surface area contributed by atoms with Crippen LogP contribution in [0.25, 0.3) is 11.4 Å². The van der Waals surface area contributed by atoms with E-state index in [1.807, 2.05) is 6.07 Å². The van der Waals surface area contributed by atoms with E-state index in [-0.39, 0.29) is 12.3 Å². The molecule has 2 aromatic heterocycles. The molecule has 0 fully saturated rings. The molecule has 27 heavy (non-hydrogen) atoms. The number of carbonyl (C=O) groups is 1. The van der Waals surface area contributed by atoms with Crippen LogP contribution in [0.1, 0.15) is 24.5 Å². The van der Waals surface area contributed by atoms with Crippen LogP contribution in [0.2, 0.25) is 0 Å². The standard InChI is InChI=1S/C19H19N3O5/c1-12(19-21-18(22-27-19)14-5-4-8-20-11-14)26-17(23)10-13-6-7-15(24-2)16(9-13)25-3/h4-9,11-12H,10H2,1-3H3. The number of hydrogen-bond acceptors (Lipinski definition) is 8. The minimum absolute atomic E-state index is 0.0777. The van der Waals surface area contributed by atoms with Crippen LogP contribution in [-0.4, -0.2) is 35.3 Å². The molecule has 0 N–H and O–H groups in total. The number of benzene rings is 1. The van der Waals surface area contributed by atoms with Gasteiger partial charge in [0.25, 0.3) is 5.89 Å². The lowest BCUT2D eigenvalue weighted by atomic mass is 10.1. The van der Waals surface area contributed by atoms with Gasteiger partial charge in [0.1, 0.15) is 0 Å². The fraction of sp³-hybridized carbons (Fsp3) is 0.263. The molecule has 2 heterocycles. The summed E-state index contributed by atoms with van der Waals surface area (Å²) < 4.78 is 21.0. The second kappa shape index (κ2) is 8.31. The number of esters is 1. The van der Waals surface area contributed by atoms with Gasteiger partial charge < -0.3 is 18.7 Å². The Balaban J connectivity index is 1.63. The Morgan fingerprint density at radius 2 is 2.00 bits per heavy atom. The van der Waals surface area contributed by atoms with Crippen LogP contribution < -0.4 is 9.47 Å². The molecule has 0 spiro atoms. The van der Waals surface area contributed by atoms with Crippen molar-refractivity contribution < 1.29 is 23.5 Å². The average Bonchev–Trinajstić information content (AvgIpc) is 3.19. The zero-order chi connectivity index (χ0) is 19.2. The van der Waals surface area contributed by atoms with Crippen molar-refractivity contribution in [2.24, 2.45) is 0 Å². The highest BCUT2D eigenvalue weighted by atomic mass is 16.6. The molecule has 0 bridgehead atoms. The molecule has 0 aliphatic carbocycles. The third kappa shape index (κ3) is 4.41. The van der Waals surface area contributed by atoms with Crippen LogP contribution in [0.4, 0.5) is 0 Å². The van der Waals surface area contributed by atoms with Crippen molar-refractivity contribution in [1.82, 2.24) is 15.1 Å². The van der Waals surface area contributed by atoms with Gasteiger partial charge in [-0.3, -0.25) is 9.78 Å². The molecule has 0 saturated heterocycles. The average molecular weight is 369 g/mol. The van der Waals surface area contributed by atoms with Crippen molar-refractivity contribution in [2.75, 3.05) is 14.2 Å². The Morgan fingerprint density at radius 1 is 1.19 bits per heavy atom. The van der Waals surface area contributed by atoms with E-state index in [2.05, 4.69) is 15.1 Å². The van der Waals surface area contributed by atoms with Crippen LogP contribution in [-0.2, 0) is 16.0 Å². The summed E-state index contributed by atoms with van der Waals surface area (Å²) in [4.78, 5) is 20.5. The van der Waals surface area contributed by atoms with Crippen molar-refractivity contribution in [3.8, 4) is 22.9 Å². The van der Waals surface area contributed by atoms with Gasteiger partial charge in [-0.25, -0.2) is 0 Å². The molecule has 0 aliphatic rings. The van der Waals surface area contributed by atoms with E-state index in [4.69, 9.17) is 18.7 Å². The molecular formula is C19H19N3O5. The first-order valence-electron chi connectivity index (χ1n) is 8.25. The van der Waals surface area contributed by atoms with Crippen molar-refractivity contribution in [1.29, 1.82) is 0 Å². The Morgan fingerprint density at radius 3 is 2.70 bits per heavy atom. The van der Waals surface area contributed by atoms with Gasteiger partial charge in [0.05, 0.1) is 20.6 Å². The maximum Gasteiger partial charge on any atom is 0.311 e. The SMILES string of the molecule is COc1ccc(CC(=O)OC(C)c2nc(-c3cccnc3)no2)cc1OC. The first-order valence-corrected chi connectivity index (χ1v) is 8.25. The van der Waals surface area contributed by atoms with E-state index in [1.165, 1.54) is 7.11 Å². The Hall–Kier alpha value is -3.42. The van der Waals surface area contributed by atoms with Crippen LogP contribution in [0.5, 0.6) is 11.5 Å². The largest absolute Gasteiger partial charge is 0.493 e. The molecular weight excluding hydrogens is 350 g/mol. The zero-order valence-electron chi connectivity index (χ0n) is 15.2. The van der Waals surface area contributed by atoms with Crippen LogP contribution in [0.15, 0.2) is 47.2 Å². The molecule has 0 amide bonds. The summed E-state index contributed by atoms with van der Waals surface area (Å²) in [5.41, 5.74) is 1.46. The lowest BCUT2D eigenvalue weighted by Crippen LogP contribution is -2.12. The quantitative estimate of drug-likeness (QED) is 0.586. The normalized spacial score (nSPS) is 11.7. The van der Waals surface area contributed by atoms with Crippen LogP contribution in [0, 0.1) is 0 Å². The van der Waals surface area contributed by atoms with Crippen molar-refractivity contribution >= 4 is 5.97 Å². The zero-order valence-corrected chi connectivity index (χ0v) is 15.2. The van der Waals surface area contributed by atoms with Crippen LogP contribution >= 0.6 is 0 Å². The van der Waals surface area contributed by atoms with E-state index in [0.29, 0.717) is 17.3 Å². The third-order valence-corrected chi connectivity index (χ3v) is 3.81. The predicted molar refractivity (Wildman–Crippen MR) is 95.3 cm³/mol. The highest BCUT2D eigenvalue weighted by Crippen LogP contribution is 2.28. The van der Waals surface area contributed by atoms with Gasteiger partial charge in [-0.05, 0) is 36.8 Å². The van der Waals surface area contributed by atoms with Gasteiger partial charge in [0.15, 0.2) is 17.6 Å². The van der Waals surface area contributed by atoms with Gasteiger partial charge in [-0.1, -0.05) is 11.2 Å². The smallest absolute Gasteiger partial charge is 0.311 e. The van der Waals surface area contributed by atoms with Gasteiger partial charge in [-0.15, -0.1) is 0 Å². The van der Waals surface area contributed by atoms with Crippen molar-refractivity contribution in [3.05, 3.63) is 54.2 Å². The minimum Gasteiger partial charge on any atom is -0.493 e. The number of aromatic nitrogens is 3. The number of ether oxygens (including phenoxy) is 3. The first kappa shape index (κ1) is 18.4. The highest BCUT2D eigenvalue weighted by Gasteiger charge is 2.20. The highest BCUT2D eigenvalue weighted by molar-refractivity contribution is 5.73. The summed E-state index contributed by atoms with van der Waals surface area (Å²) in [7, 11) is 3.09. The molecule has 3 rings (SSSR count). The van der Waals surface area contributed by atoms with Gasteiger partial charge in [-0.2, -0.15) is 4.98 Å². The van der Waals surface area contributed by atoms with E-state index >= 15 is 0 Å². The van der Waals surface area contributed by atoms with E-state index in [0.717, 1.165) is 11.1 Å². The molecule has 8 nitrogen and oxygen atoms in total. The second-order valence-corrected chi connectivity index (χ2v) is 5.70. The fourth-order valence-electron chi connectivity index (χ4n) is 2.46. The molecule has 3 aromatic rings. The van der Waals surface area contributed by atoms with Crippen molar-refractivity contribution in [2.45, 2.75) is 19.4 Å². The second-order valence-electron chi connectivity index (χ2n) is 5.70. The monoisotopic (exact) mass is 369 g/mol. The molecule has 0 saturated carbocycles. The first-order chi connectivity index (χ1) is 13.1. The summed E-state index contributed by atoms with van der Waals surface area (Å²) in [6, 6.07) is 8.84. The molecule has 140 valence electrons. The number of carbonyl (C=O) groups excluding carboxylic acids is 1. The molecule has 1 unspecified atom stereocenters. The summed E-state index contributed by atoms with van der Waals surface area (Å²) in [5.74, 6) is 1.33. The van der Waals surface area contributed by atoms with Gasteiger partial charge in [0, 0.05) is 18.0 Å². The van der Waals surface area contributed by atoms with Crippen LogP contribution in [0.3, 0.4) is 0 Å². The number of nitrogens with zero attached hydrogens (tertiary/aromatic N) is 3. The Kier molecular flexibility index (Phi) is 5.65. The maximum atomic E-state index is 12.2. The van der Waals surface area contributed by atoms with Crippen molar-refractivity contribution in [3.63, 3.8) is 0 Å². The molecule has 1 aromatic carbocycles. The molecule has 0 radical (unpaired) electrons. The summed E-state index contributed by atoms with van der Waals surface area (Å²) in [5, 5.41) is 3.89. The maximum absolute atomic E-state index is 12.2. The number of methoxy groups -OCH3 is 2. The summed E-state index contributed by atoms with van der Waals surface area (Å²) in [6.45, 7) is 1.67.